The minimum Gasteiger partial charge on any atom is -0.378 e. The molecule has 1 saturated heterocycles. The van der Waals surface area contributed by atoms with Gasteiger partial charge < -0.3 is 15.0 Å². The van der Waals surface area contributed by atoms with E-state index < -0.39 is 5.41 Å². The van der Waals surface area contributed by atoms with Crippen molar-refractivity contribution in [1.29, 1.82) is 0 Å². The van der Waals surface area contributed by atoms with Crippen LogP contribution in [0, 0.1) is 5.41 Å². The number of carbonyl (C=O) groups is 1. The van der Waals surface area contributed by atoms with Crippen LogP contribution in [0.2, 0.25) is 0 Å². The fraction of sp³-hybridized carbons (Fsp3) is 0.348. The number of ether oxygens (including phenoxy) is 1. The molecule has 1 aliphatic heterocycles. The molecule has 0 spiro atoms. The van der Waals surface area contributed by atoms with Gasteiger partial charge >= 0.3 is 0 Å². The lowest BCUT2D eigenvalue weighted by Gasteiger charge is -2.34. The zero-order valence-electron chi connectivity index (χ0n) is 17.2. The molecule has 0 aliphatic carbocycles. The lowest BCUT2D eigenvalue weighted by molar-refractivity contribution is -0.124. The van der Waals surface area contributed by atoms with E-state index in [1.54, 1.807) is 5.51 Å². The Morgan fingerprint density at radius 3 is 2.37 bits per heavy atom. The second-order valence-electron chi connectivity index (χ2n) is 7.95. The number of hydrogen-bond acceptors (Lipinski definition) is 6. The fourth-order valence-corrected chi connectivity index (χ4v) is 4.43. The second-order valence-corrected chi connectivity index (χ2v) is 8.79. The molecule has 0 saturated carbocycles. The first kappa shape index (κ1) is 20.5. The van der Waals surface area contributed by atoms with Crippen molar-refractivity contribution in [2.45, 2.75) is 19.8 Å². The lowest BCUT2D eigenvalue weighted by Crippen LogP contribution is -2.37. The molecule has 4 rings (SSSR count). The molecule has 7 heteroatoms. The van der Waals surface area contributed by atoms with Gasteiger partial charge in [-0.2, -0.15) is 0 Å². The van der Waals surface area contributed by atoms with Crippen molar-refractivity contribution >= 4 is 28.1 Å². The number of nitrogens with one attached hydrogen (secondary N) is 1. The first-order valence-corrected chi connectivity index (χ1v) is 11.0. The molecule has 0 unspecified atom stereocenters. The maximum Gasteiger partial charge on any atom is 0.232 e. The summed E-state index contributed by atoms with van der Waals surface area (Å²) < 4.78 is 5.46. The van der Waals surface area contributed by atoms with E-state index in [4.69, 9.17) is 4.74 Å². The Morgan fingerprint density at radius 2 is 1.73 bits per heavy atom. The van der Waals surface area contributed by atoms with E-state index in [-0.39, 0.29) is 11.8 Å². The van der Waals surface area contributed by atoms with Crippen LogP contribution in [0.5, 0.6) is 0 Å². The van der Waals surface area contributed by atoms with Crippen LogP contribution >= 0.6 is 11.3 Å². The van der Waals surface area contributed by atoms with Crippen LogP contribution in [0.25, 0.3) is 0 Å². The number of anilines is 2. The van der Waals surface area contributed by atoms with Crippen LogP contribution in [-0.2, 0) is 9.53 Å². The summed E-state index contributed by atoms with van der Waals surface area (Å²) in [6.45, 7) is 7.28. The molecule has 0 radical (unpaired) electrons. The average molecular weight is 423 g/mol. The number of rotatable bonds is 6. The van der Waals surface area contributed by atoms with Crippen molar-refractivity contribution in [1.82, 2.24) is 10.2 Å². The zero-order chi connectivity index (χ0) is 21.0. The second kappa shape index (κ2) is 8.93. The molecule has 1 amide bonds. The van der Waals surface area contributed by atoms with Gasteiger partial charge in [0.15, 0.2) is 0 Å². The van der Waals surface area contributed by atoms with E-state index in [2.05, 4.69) is 56.8 Å². The molecular weight excluding hydrogens is 396 g/mol. The van der Waals surface area contributed by atoms with Gasteiger partial charge in [-0.1, -0.05) is 67.6 Å². The van der Waals surface area contributed by atoms with Crippen molar-refractivity contribution in [2.75, 3.05) is 36.5 Å². The monoisotopic (exact) mass is 422 g/mol. The van der Waals surface area contributed by atoms with Crippen molar-refractivity contribution in [3.05, 3.63) is 71.2 Å². The quantitative estimate of drug-likeness (QED) is 0.646. The number of carbonyl (C=O) groups excluding carboxylic acids is 1. The van der Waals surface area contributed by atoms with E-state index in [1.165, 1.54) is 17.0 Å². The number of morpholine rings is 1. The summed E-state index contributed by atoms with van der Waals surface area (Å²) >= 11 is 1.32. The van der Waals surface area contributed by atoms with E-state index in [9.17, 15) is 4.79 Å². The smallest absolute Gasteiger partial charge is 0.232 e. The third-order valence-corrected chi connectivity index (χ3v) is 6.23. The fourth-order valence-electron chi connectivity index (χ4n) is 3.99. The highest BCUT2D eigenvalue weighted by molar-refractivity contribution is 7.13. The van der Waals surface area contributed by atoms with Crippen LogP contribution in [0.3, 0.4) is 0 Å². The molecule has 3 aromatic rings. The SMILES string of the molecule is CC(C)(C(=O)Nc1nncs1)[C@@H](c1ccccc1)c1ccc(N2CCOCC2)cc1. The molecule has 2 heterocycles. The number of benzene rings is 2. The Labute approximate surface area is 180 Å². The number of nitrogens with zero attached hydrogens (tertiary/aromatic N) is 3. The van der Waals surface area contributed by atoms with Crippen molar-refractivity contribution < 1.29 is 9.53 Å². The van der Waals surface area contributed by atoms with Crippen LogP contribution in [0.4, 0.5) is 10.8 Å². The Morgan fingerprint density at radius 1 is 1.07 bits per heavy atom. The lowest BCUT2D eigenvalue weighted by atomic mass is 9.70. The maximum absolute atomic E-state index is 13.2. The van der Waals surface area contributed by atoms with E-state index >= 15 is 0 Å². The van der Waals surface area contributed by atoms with Crippen molar-refractivity contribution in [2.24, 2.45) is 5.41 Å². The van der Waals surface area contributed by atoms with Gasteiger partial charge in [-0.3, -0.25) is 4.79 Å². The van der Waals surface area contributed by atoms with Crippen LogP contribution in [0.1, 0.15) is 30.9 Å². The average Bonchev–Trinajstić information content (AvgIpc) is 3.29. The molecule has 2 aromatic carbocycles. The van der Waals surface area contributed by atoms with Gasteiger partial charge in [0.1, 0.15) is 5.51 Å². The molecule has 1 aliphatic rings. The van der Waals surface area contributed by atoms with Gasteiger partial charge in [-0.05, 0) is 23.3 Å². The molecule has 6 nitrogen and oxygen atoms in total. The molecule has 30 heavy (non-hydrogen) atoms. The Bertz CT molecular complexity index is 953. The topological polar surface area (TPSA) is 67.4 Å². The maximum atomic E-state index is 13.2. The summed E-state index contributed by atoms with van der Waals surface area (Å²) in [6, 6.07) is 18.8. The molecular formula is C23H26N4O2S. The molecule has 1 atom stereocenters. The summed E-state index contributed by atoms with van der Waals surface area (Å²) in [5.41, 5.74) is 4.31. The predicted octanol–water partition coefficient (Wildman–Crippen LogP) is 4.17. The predicted molar refractivity (Wildman–Crippen MR) is 120 cm³/mol. The highest BCUT2D eigenvalue weighted by Gasteiger charge is 2.39. The summed E-state index contributed by atoms with van der Waals surface area (Å²) in [4.78, 5) is 15.6. The minimum atomic E-state index is -0.701. The standard InChI is InChI=1S/C23H26N4O2S/c1-23(2,21(28)25-22-26-24-16-30-22)20(17-6-4-3-5-7-17)18-8-10-19(11-9-18)27-12-14-29-15-13-27/h3-11,16,20H,12-15H2,1-2H3,(H,25,26,28)/t20-/m0/s1. The summed E-state index contributed by atoms with van der Waals surface area (Å²) in [7, 11) is 0. The highest BCUT2D eigenvalue weighted by atomic mass is 32.1. The Kier molecular flexibility index (Phi) is 6.11. The Balaban J connectivity index is 1.65. The van der Waals surface area contributed by atoms with E-state index in [0.29, 0.717) is 5.13 Å². The first-order valence-electron chi connectivity index (χ1n) is 10.1. The molecule has 0 bridgehead atoms. The first-order chi connectivity index (χ1) is 14.6. The van der Waals surface area contributed by atoms with Crippen molar-refractivity contribution in [3.8, 4) is 0 Å². The van der Waals surface area contributed by atoms with Gasteiger partial charge in [-0.25, -0.2) is 0 Å². The Hall–Kier alpha value is -2.77. The molecule has 156 valence electrons. The number of hydrogen-bond donors (Lipinski definition) is 1. The molecule has 1 N–H and O–H groups in total. The molecule has 1 fully saturated rings. The van der Waals surface area contributed by atoms with Gasteiger partial charge in [-0.15, -0.1) is 10.2 Å². The van der Waals surface area contributed by atoms with Gasteiger partial charge in [0.2, 0.25) is 11.0 Å². The molecule has 1 aromatic heterocycles. The van der Waals surface area contributed by atoms with Gasteiger partial charge in [0, 0.05) is 24.7 Å². The summed E-state index contributed by atoms with van der Waals surface area (Å²) in [5, 5.41) is 11.2. The normalized spacial score (nSPS) is 15.6. The van der Waals surface area contributed by atoms with Gasteiger partial charge in [0.25, 0.3) is 0 Å². The van der Waals surface area contributed by atoms with Crippen LogP contribution in [-0.4, -0.2) is 42.4 Å². The highest BCUT2D eigenvalue weighted by Crippen LogP contribution is 2.42. The number of aromatic nitrogens is 2. The van der Waals surface area contributed by atoms with Crippen LogP contribution in [0.15, 0.2) is 60.1 Å². The minimum absolute atomic E-state index is 0.0784. The van der Waals surface area contributed by atoms with Crippen LogP contribution < -0.4 is 10.2 Å². The van der Waals surface area contributed by atoms with E-state index in [0.717, 1.165) is 37.4 Å². The van der Waals surface area contributed by atoms with E-state index in [1.807, 2.05) is 32.0 Å². The summed E-state index contributed by atoms with van der Waals surface area (Å²) in [6.07, 6.45) is 0. The summed E-state index contributed by atoms with van der Waals surface area (Å²) in [5.74, 6) is -0.185. The third-order valence-electron chi connectivity index (χ3n) is 5.62. The van der Waals surface area contributed by atoms with Crippen molar-refractivity contribution in [3.63, 3.8) is 0 Å². The third kappa shape index (κ3) is 4.37. The zero-order valence-corrected chi connectivity index (χ0v) is 18.1. The largest absolute Gasteiger partial charge is 0.378 e. The number of amides is 1. The van der Waals surface area contributed by atoms with Gasteiger partial charge in [0.05, 0.1) is 18.6 Å².